The highest BCUT2D eigenvalue weighted by molar-refractivity contribution is 8.14. The summed E-state index contributed by atoms with van der Waals surface area (Å²) in [6.07, 6.45) is -0.333. The Hall–Kier alpha value is -1.71. The maximum Gasteiger partial charge on any atom is 0.236 e. The standard InChI is InChI=1S/C16H18ClN5O2S2/c1-10(24-12-6-4-3-5-11(12)17)14-20-21-16(22(14)2)26-9-13(23)19-15-18-7-8-25-15/h3-6,10H,7-9H2,1-2H3,(H,18,19,23). The zero-order chi connectivity index (χ0) is 18.5. The van der Waals surface area contributed by atoms with Gasteiger partial charge in [-0.25, -0.2) is 0 Å². The number of amides is 1. The molecule has 3 rings (SSSR count). The Morgan fingerprint density at radius 1 is 1.46 bits per heavy atom. The molecule has 1 amide bonds. The minimum absolute atomic E-state index is 0.104. The number of hydrogen-bond acceptors (Lipinski definition) is 7. The third kappa shape index (κ3) is 4.72. The van der Waals surface area contributed by atoms with Gasteiger partial charge in [-0.1, -0.05) is 47.3 Å². The van der Waals surface area contributed by atoms with Gasteiger partial charge in [-0.2, -0.15) is 0 Å². The van der Waals surface area contributed by atoms with Crippen LogP contribution in [0.5, 0.6) is 5.75 Å². The van der Waals surface area contributed by atoms with E-state index >= 15 is 0 Å². The van der Waals surface area contributed by atoms with Crippen molar-refractivity contribution >= 4 is 46.2 Å². The zero-order valence-electron chi connectivity index (χ0n) is 14.3. The lowest BCUT2D eigenvalue weighted by Crippen LogP contribution is -2.29. The fourth-order valence-electron chi connectivity index (χ4n) is 2.29. The van der Waals surface area contributed by atoms with E-state index in [-0.39, 0.29) is 17.8 Å². The van der Waals surface area contributed by atoms with Gasteiger partial charge in [0.15, 0.2) is 22.3 Å². The first kappa shape index (κ1) is 19.1. The van der Waals surface area contributed by atoms with Gasteiger partial charge in [0, 0.05) is 12.8 Å². The van der Waals surface area contributed by atoms with E-state index in [0.717, 1.165) is 12.3 Å². The van der Waals surface area contributed by atoms with Crippen LogP contribution < -0.4 is 10.1 Å². The van der Waals surface area contributed by atoms with Gasteiger partial charge in [0.1, 0.15) is 5.75 Å². The van der Waals surface area contributed by atoms with Gasteiger partial charge in [-0.05, 0) is 19.1 Å². The van der Waals surface area contributed by atoms with E-state index in [4.69, 9.17) is 16.3 Å². The number of aromatic nitrogens is 3. The van der Waals surface area contributed by atoms with Gasteiger partial charge in [0.2, 0.25) is 5.91 Å². The van der Waals surface area contributed by atoms with Crippen molar-refractivity contribution in [2.75, 3.05) is 18.1 Å². The van der Waals surface area contributed by atoms with Crippen molar-refractivity contribution in [3.05, 3.63) is 35.1 Å². The molecule has 10 heteroatoms. The van der Waals surface area contributed by atoms with Gasteiger partial charge < -0.3 is 14.6 Å². The predicted molar refractivity (Wildman–Crippen MR) is 105 cm³/mol. The van der Waals surface area contributed by atoms with Crippen LogP contribution in [0.2, 0.25) is 5.02 Å². The quantitative estimate of drug-likeness (QED) is 0.736. The predicted octanol–water partition coefficient (Wildman–Crippen LogP) is 2.92. The molecule has 0 bridgehead atoms. The van der Waals surface area contributed by atoms with Crippen LogP contribution in [0, 0.1) is 0 Å². The van der Waals surface area contributed by atoms with Crippen LogP contribution in [0.4, 0.5) is 0 Å². The number of carbonyl (C=O) groups is 1. The molecule has 1 aromatic carbocycles. The van der Waals surface area contributed by atoms with Crippen molar-refractivity contribution in [2.24, 2.45) is 12.0 Å². The van der Waals surface area contributed by atoms with Crippen LogP contribution >= 0.6 is 35.1 Å². The number of rotatable bonds is 6. The van der Waals surface area contributed by atoms with Gasteiger partial charge >= 0.3 is 0 Å². The molecular formula is C16H18ClN5O2S2. The first-order chi connectivity index (χ1) is 12.5. The fourth-order valence-corrected chi connectivity index (χ4v) is 3.93. The summed E-state index contributed by atoms with van der Waals surface area (Å²) in [5.74, 6) is 2.30. The SMILES string of the molecule is CC(Oc1ccccc1Cl)c1nnc(SCC(=O)NC2=NCCS2)n1C. The van der Waals surface area contributed by atoms with Crippen LogP contribution in [-0.2, 0) is 11.8 Å². The Kier molecular flexibility index (Phi) is 6.44. The smallest absolute Gasteiger partial charge is 0.236 e. The van der Waals surface area contributed by atoms with Crippen LogP contribution in [0.1, 0.15) is 18.9 Å². The summed E-state index contributed by atoms with van der Waals surface area (Å²) in [6, 6.07) is 7.28. The molecule has 2 aromatic rings. The molecule has 2 heterocycles. The lowest BCUT2D eigenvalue weighted by atomic mass is 10.3. The molecule has 0 saturated carbocycles. The van der Waals surface area contributed by atoms with Gasteiger partial charge in [-0.3, -0.25) is 9.79 Å². The zero-order valence-corrected chi connectivity index (χ0v) is 16.7. The van der Waals surface area contributed by atoms with E-state index in [1.165, 1.54) is 11.8 Å². The molecule has 1 unspecified atom stereocenters. The maximum atomic E-state index is 12.0. The number of nitrogens with one attached hydrogen (secondary N) is 1. The number of hydrogen-bond donors (Lipinski definition) is 1. The Morgan fingerprint density at radius 2 is 2.27 bits per heavy atom. The second kappa shape index (κ2) is 8.79. The number of nitrogens with zero attached hydrogens (tertiary/aromatic N) is 4. The first-order valence-electron chi connectivity index (χ1n) is 7.95. The monoisotopic (exact) mass is 411 g/mol. The molecule has 1 aromatic heterocycles. The van der Waals surface area contributed by atoms with E-state index in [9.17, 15) is 4.79 Å². The number of carbonyl (C=O) groups excluding carboxylic acids is 1. The molecule has 1 atom stereocenters. The molecule has 0 fully saturated rings. The molecule has 0 saturated heterocycles. The number of thioether (sulfide) groups is 2. The minimum atomic E-state index is -0.333. The van der Waals surface area contributed by atoms with E-state index in [1.54, 1.807) is 23.9 Å². The minimum Gasteiger partial charge on any atom is -0.481 e. The normalized spacial score (nSPS) is 14.8. The molecule has 0 radical (unpaired) electrons. The summed E-state index contributed by atoms with van der Waals surface area (Å²) in [5, 5.41) is 13.0. The maximum absolute atomic E-state index is 12.0. The molecule has 1 aliphatic rings. The second-order valence-electron chi connectivity index (χ2n) is 5.46. The lowest BCUT2D eigenvalue weighted by molar-refractivity contribution is -0.117. The highest BCUT2D eigenvalue weighted by Gasteiger charge is 2.19. The Balaban J connectivity index is 1.58. The Bertz CT molecular complexity index is 827. The molecule has 0 spiro atoms. The highest BCUT2D eigenvalue weighted by Crippen LogP contribution is 2.28. The summed E-state index contributed by atoms with van der Waals surface area (Å²) >= 11 is 9.00. The number of amidine groups is 1. The van der Waals surface area contributed by atoms with Gasteiger partial charge in [0.05, 0.1) is 17.3 Å². The van der Waals surface area contributed by atoms with Crippen molar-refractivity contribution in [1.29, 1.82) is 0 Å². The summed E-state index contributed by atoms with van der Waals surface area (Å²) in [5.41, 5.74) is 0. The van der Waals surface area contributed by atoms with Crippen molar-refractivity contribution in [3.8, 4) is 5.75 Å². The summed E-state index contributed by atoms with van der Waals surface area (Å²) in [4.78, 5) is 16.2. The van der Waals surface area contributed by atoms with Crippen LogP contribution in [-0.4, -0.2) is 43.9 Å². The first-order valence-corrected chi connectivity index (χ1v) is 10.3. The van der Waals surface area contributed by atoms with Crippen molar-refractivity contribution in [1.82, 2.24) is 20.1 Å². The van der Waals surface area contributed by atoms with E-state index in [2.05, 4.69) is 20.5 Å². The third-order valence-corrected chi connectivity index (χ3v) is 5.76. The fraction of sp³-hybridized carbons (Fsp3) is 0.375. The third-order valence-electron chi connectivity index (χ3n) is 3.54. The molecule has 0 aliphatic carbocycles. The number of halogens is 1. The Morgan fingerprint density at radius 3 is 3.00 bits per heavy atom. The molecule has 138 valence electrons. The molecule has 26 heavy (non-hydrogen) atoms. The van der Waals surface area contributed by atoms with Crippen molar-refractivity contribution in [2.45, 2.75) is 18.2 Å². The average molecular weight is 412 g/mol. The molecular weight excluding hydrogens is 394 g/mol. The van der Waals surface area contributed by atoms with E-state index < -0.39 is 0 Å². The summed E-state index contributed by atoms with van der Waals surface area (Å²) in [6.45, 7) is 2.63. The second-order valence-corrected chi connectivity index (χ2v) is 7.90. The number of aliphatic imine (C=N–C) groups is 1. The molecule has 1 N–H and O–H groups in total. The van der Waals surface area contributed by atoms with Gasteiger partial charge in [0.25, 0.3) is 0 Å². The highest BCUT2D eigenvalue weighted by atomic mass is 35.5. The largest absolute Gasteiger partial charge is 0.481 e. The number of benzene rings is 1. The average Bonchev–Trinajstić information content (AvgIpc) is 3.25. The Labute approximate surface area is 164 Å². The van der Waals surface area contributed by atoms with Crippen LogP contribution in [0.25, 0.3) is 0 Å². The summed E-state index contributed by atoms with van der Waals surface area (Å²) < 4.78 is 7.70. The van der Waals surface area contributed by atoms with Crippen LogP contribution in [0.15, 0.2) is 34.4 Å². The van der Waals surface area contributed by atoms with Crippen molar-refractivity contribution in [3.63, 3.8) is 0 Å². The van der Waals surface area contributed by atoms with E-state index in [1.807, 2.05) is 30.7 Å². The molecule has 7 nitrogen and oxygen atoms in total. The van der Waals surface area contributed by atoms with Gasteiger partial charge in [-0.15, -0.1) is 10.2 Å². The lowest BCUT2D eigenvalue weighted by Gasteiger charge is -2.15. The topological polar surface area (TPSA) is 81.4 Å². The number of ether oxygens (including phenoxy) is 1. The van der Waals surface area contributed by atoms with Crippen LogP contribution in [0.3, 0.4) is 0 Å². The molecule has 1 aliphatic heterocycles. The number of para-hydroxylation sites is 1. The summed E-state index contributed by atoms with van der Waals surface area (Å²) in [7, 11) is 1.85. The van der Waals surface area contributed by atoms with Crippen molar-refractivity contribution < 1.29 is 9.53 Å². The van der Waals surface area contributed by atoms with E-state index in [0.29, 0.717) is 26.9 Å².